The van der Waals surface area contributed by atoms with E-state index in [9.17, 15) is 18.0 Å². The fraction of sp³-hybridized carbons (Fsp3) is 0.429. The lowest BCUT2D eigenvalue weighted by molar-refractivity contribution is -0.158. The number of nitrogens with one attached hydrogen (secondary N) is 1. The van der Waals surface area contributed by atoms with Crippen LogP contribution < -0.4 is 4.72 Å². The lowest BCUT2D eigenvalue weighted by Crippen LogP contribution is -2.59. The van der Waals surface area contributed by atoms with E-state index in [-0.39, 0.29) is 18.2 Å². The second-order valence-corrected chi connectivity index (χ2v) is 13.1. The van der Waals surface area contributed by atoms with Crippen LogP contribution >= 0.6 is 23.2 Å². The normalized spacial score (nSPS) is 25.0. The minimum absolute atomic E-state index is 0.212. The molecule has 0 spiro atoms. The molecule has 2 aliphatic rings. The molecule has 37 heavy (non-hydrogen) atoms. The molecular formula is C28H32Cl2N2O4S. The largest absolute Gasteiger partial charge is 0.323 e. The molecule has 2 aromatic rings. The van der Waals surface area contributed by atoms with E-state index >= 15 is 0 Å². The Labute approximate surface area is 229 Å². The van der Waals surface area contributed by atoms with Crippen molar-refractivity contribution < 1.29 is 18.0 Å². The van der Waals surface area contributed by atoms with E-state index in [4.69, 9.17) is 23.2 Å². The standard InChI is InChI=1S/C28H32Cl2N2O4S/c1-4-15-28(3)17-23(19-7-6-8-21(30)16-19)25(18-9-11-20(29)12-10-18)32(27(28)34)24(5-2)26(33)31-37(35,36)22-13-14-22/h4,6-12,16,22-25H,1,5,13-15,17H2,2-3H3,(H,31,33). The van der Waals surface area contributed by atoms with Crippen molar-refractivity contribution in [1.82, 2.24) is 9.62 Å². The predicted molar refractivity (Wildman–Crippen MR) is 147 cm³/mol. The Morgan fingerprint density at radius 2 is 1.84 bits per heavy atom. The van der Waals surface area contributed by atoms with Gasteiger partial charge in [-0.2, -0.15) is 0 Å². The van der Waals surface area contributed by atoms with Crippen molar-refractivity contribution in [3.63, 3.8) is 0 Å². The highest BCUT2D eigenvalue weighted by Crippen LogP contribution is 2.52. The van der Waals surface area contributed by atoms with Crippen LogP contribution in [0.15, 0.2) is 61.2 Å². The summed E-state index contributed by atoms with van der Waals surface area (Å²) in [6, 6.07) is 13.2. The number of halogens is 2. The lowest BCUT2D eigenvalue weighted by Gasteiger charge is -2.51. The van der Waals surface area contributed by atoms with Gasteiger partial charge in [0.2, 0.25) is 15.9 Å². The fourth-order valence-electron chi connectivity index (χ4n) is 5.41. The zero-order valence-corrected chi connectivity index (χ0v) is 23.3. The third kappa shape index (κ3) is 5.74. The lowest BCUT2D eigenvalue weighted by atomic mass is 9.67. The molecule has 1 aliphatic carbocycles. The number of rotatable bonds is 9. The minimum atomic E-state index is -3.78. The zero-order chi connectivity index (χ0) is 27.0. The van der Waals surface area contributed by atoms with Gasteiger partial charge in [0.25, 0.3) is 5.91 Å². The topological polar surface area (TPSA) is 83.6 Å². The van der Waals surface area contributed by atoms with E-state index in [1.165, 1.54) is 0 Å². The Morgan fingerprint density at radius 3 is 2.41 bits per heavy atom. The van der Waals surface area contributed by atoms with Gasteiger partial charge in [-0.15, -0.1) is 6.58 Å². The van der Waals surface area contributed by atoms with Crippen molar-refractivity contribution in [2.75, 3.05) is 0 Å². The van der Waals surface area contributed by atoms with E-state index in [1.807, 2.05) is 37.3 Å². The highest BCUT2D eigenvalue weighted by Gasteiger charge is 2.52. The summed E-state index contributed by atoms with van der Waals surface area (Å²) in [6.07, 6.45) is 3.93. The van der Waals surface area contributed by atoms with E-state index in [0.717, 1.165) is 11.1 Å². The minimum Gasteiger partial charge on any atom is -0.323 e. The fourth-order valence-corrected chi connectivity index (χ4v) is 7.07. The van der Waals surface area contributed by atoms with Gasteiger partial charge in [0.05, 0.1) is 16.7 Å². The monoisotopic (exact) mass is 562 g/mol. The molecule has 1 saturated carbocycles. The van der Waals surface area contributed by atoms with Crippen LogP contribution in [0.1, 0.15) is 69.0 Å². The smallest absolute Gasteiger partial charge is 0.256 e. The first-order chi connectivity index (χ1) is 17.5. The maximum Gasteiger partial charge on any atom is 0.256 e. The first-order valence-corrected chi connectivity index (χ1v) is 14.8. The van der Waals surface area contributed by atoms with Crippen LogP contribution in [0.4, 0.5) is 0 Å². The maximum atomic E-state index is 14.2. The molecular weight excluding hydrogens is 531 g/mol. The van der Waals surface area contributed by atoms with E-state index < -0.39 is 38.7 Å². The first-order valence-electron chi connectivity index (χ1n) is 12.5. The quantitative estimate of drug-likeness (QED) is 0.379. The first kappa shape index (κ1) is 27.7. The van der Waals surface area contributed by atoms with Crippen molar-refractivity contribution in [2.45, 2.75) is 69.2 Å². The van der Waals surface area contributed by atoms with Gasteiger partial charge in [-0.3, -0.25) is 14.3 Å². The van der Waals surface area contributed by atoms with Crippen LogP contribution in [0.2, 0.25) is 10.0 Å². The number of likely N-dealkylation sites (tertiary alicyclic amines) is 1. The second kappa shape index (κ2) is 10.8. The molecule has 9 heteroatoms. The summed E-state index contributed by atoms with van der Waals surface area (Å²) in [5.41, 5.74) is 0.890. The maximum absolute atomic E-state index is 14.2. The molecule has 4 atom stereocenters. The Hall–Kier alpha value is -2.35. The molecule has 1 N–H and O–H groups in total. The van der Waals surface area contributed by atoms with Crippen molar-refractivity contribution in [2.24, 2.45) is 5.41 Å². The van der Waals surface area contributed by atoms with Crippen molar-refractivity contribution in [3.05, 3.63) is 82.4 Å². The van der Waals surface area contributed by atoms with Crippen LogP contribution in [0.25, 0.3) is 0 Å². The molecule has 2 aromatic carbocycles. The summed E-state index contributed by atoms with van der Waals surface area (Å²) in [7, 11) is -3.78. The molecule has 1 saturated heterocycles. The number of carbonyl (C=O) groups is 2. The number of carbonyl (C=O) groups excluding carboxylic acids is 2. The third-order valence-corrected chi connectivity index (χ3v) is 9.74. The number of amides is 2. The number of allylic oxidation sites excluding steroid dienone is 1. The molecule has 1 heterocycles. The van der Waals surface area contributed by atoms with Crippen molar-refractivity contribution >= 4 is 45.0 Å². The van der Waals surface area contributed by atoms with Crippen LogP contribution in [-0.4, -0.2) is 36.4 Å². The highest BCUT2D eigenvalue weighted by atomic mass is 35.5. The van der Waals surface area contributed by atoms with E-state index in [2.05, 4.69) is 11.3 Å². The molecule has 0 radical (unpaired) electrons. The average Bonchev–Trinajstić information content (AvgIpc) is 3.69. The molecule has 1 aliphatic heterocycles. The summed E-state index contributed by atoms with van der Waals surface area (Å²) >= 11 is 12.6. The SMILES string of the molecule is C=CCC1(C)CC(c2cccc(Cl)c2)C(c2ccc(Cl)cc2)N(C(CC)C(=O)NS(=O)(=O)C2CC2)C1=O. The van der Waals surface area contributed by atoms with Gasteiger partial charge in [-0.25, -0.2) is 8.42 Å². The summed E-state index contributed by atoms with van der Waals surface area (Å²) in [6.45, 7) is 7.53. The molecule has 2 amide bonds. The number of hydrogen-bond donors (Lipinski definition) is 1. The van der Waals surface area contributed by atoms with Gasteiger partial charge >= 0.3 is 0 Å². The number of piperidine rings is 1. The van der Waals surface area contributed by atoms with Gasteiger partial charge in [0.1, 0.15) is 6.04 Å². The Morgan fingerprint density at radius 1 is 1.16 bits per heavy atom. The number of hydrogen-bond acceptors (Lipinski definition) is 4. The Balaban J connectivity index is 1.87. The highest BCUT2D eigenvalue weighted by molar-refractivity contribution is 7.90. The van der Waals surface area contributed by atoms with E-state index in [0.29, 0.717) is 35.7 Å². The van der Waals surface area contributed by atoms with Gasteiger partial charge < -0.3 is 4.90 Å². The molecule has 4 rings (SSSR count). The third-order valence-electron chi connectivity index (χ3n) is 7.42. The van der Waals surface area contributed by atoms with E-state index in [1.54, 1.807) is 36.1 Å². The summed E-state index contributed by atoms with van der Waals surface area (Å²) in [4.78, 5) is 29.4. The number of nitrogens with zero attached hydrogens (tertiary/aromatic N) is 1. The molecule has 198 valence electrons. The average molecular weight is 564 g/mol. The Kier molecular flexibility index (Phi) is 8.07. The summed E-state index contributed by atoms with van der Waals surface area (Å²) < 4.78 is 27.6. The number of benzene rings is 2. The molecule has 4 unspecified atom stereocenters. The van der Waals surface area contributed by atoms with Crippen LogP contribution in [0.3, 0.4) is 0 Å². The number of sulfonamides is 1. The second-order valence-electron chi connectivity index (χ2n) is 10.3. The van der Waals surface area contributed by atoms with Crippen molar-refractivity contribution in [1.29, 1.82) is 0 Å². The van der Waals surface area contributed by atoms with Gasteiger partial charge in [0.15, 0.2) is 0 Å². The summed E-state index contributed by atoms with van der Waals surface area (Å²) in [5.74, 6) is -1.12. The predicted octanol–water partition coefficient (Wildman–Crippen LogP) is 6.02. The zero-order valence-electron chi connectivity index (χ0n) is 21.0. The molecule has 2 fully saturated rings. The van der Waals surface area contributed by atoms with Gasteiger partial charge in [-0.1, -0.05) is 67.4 Å². The molecule has 0 bridgehead atoms. The molecule has 0 aromatic heterocycles. The molecule has 6 nitrogen and oxygen atoms in total. The van der Waals surface area contributed by atoms with Crippen LogP contribution in [0, 0.1) is 5.41 Å². The summed E-state index contributed by atoms with van der Waals surface area (Å²) in [5, 5.41) is 0.568. The van der Waals surface area contributed by atoms with Gasteiger partial charge in [-0.05, 0) is 67.5 Å². The van der Waals surface area contributed by atoms with Crippen LogP contribution in [0.5, 0.6) is 0 Å². The Bertz CT molecular complexity index is 1290. The van der Waals surface area contributed by atoms with Gasteiger partial charge in [0, 0.05) is 16.0 Å². The van der Waals surface area contributed by atoms with Crippen LogP contribution in [-0.2, 0) is 19.6 Å². The van der Waals surface area contributed by atoms with Crippen molar-refractivity contribution in [3.8, 4) is 0 Å².